The van der Waals surface area contributed by atoms with E-state index in [4.69, 9.17) is 0 Å². The molecule has 0 spiro atoms. The van der Waals surface area contributed by atoms with Crippen LogP contribution >= 0.6 is 0 Å². The van der Waals surface area contributed by atoms with Crippen molar-refractivity contribution in [3.8, 4) is 0 Å². The maximum absolute atomic E-state index is 2.08. The van der Waals surface area contributed by atoms with E-state index in [1.165, 1.54) is 5.69 Å². The number of anilines is 1. The van der Waals surface area contributed by atoms with Crippen molar-refractivity contribution in [2.24, 2.45) is 0 Å². The quantitative estimate of drug-likeness (QED) is 0.546. The molecule has 0 aliphatic rings. The van der Waals surface area contributed by atoms with Crippen molar-refractivity contribution in [1.29, 1.82) is 0 Å². The maximum atomic E-state index is 2.08. The van der Waals surface area contributed by atoms with Gasteiger partial charge in [-0.2, -0.15) is 0 Å². The summed E-state index contributed by atoms with van der Waals surface area (Å²) in [5.74, 6) is 0. The van der Waals surface area contributed by atoms with E-state index >= 15 is 0 Å². The largest absolute Gasteiger partial charge is 2.00 e. The summed E-state index contributed by atoms with van der Waals surface area (Å²) < 4.78 is 0. The second-order valence-electron chi connectivity index (χ2n) is 2.23. The number of rotatable bonds is 1. The van der Waals surface area contributed by atoms with E-state index in [-0.39, 0.29) is 25.9 Å². The molecule has 0 saturated carbocycles. The van der Waals surface area contributed by atoms with E-state index in [9.17, 15) is 0 Å². The topological polar surface area (TPSA) is 3.24 Å². The molecule has 0 aromatic heterocycles. The fraction of sp³-hybridized carbons (Fsp3) is 0.250. The molecule has 0 aliphatic carbocycles. The third kappa shape index (κ3) is 2.58. The predicted molar refractivity (Wildman–Crippen MR) is 48.7 cm³/mol. The number of hydrogen-bond acceptors (Lipinski definition) is 1. The molecule has 0 aliphatic heterocycles. The zero-order valence-electron chi connectivity index (χ0n) is 8.54. The van der Waals surface area contributed by atoms with Crippen LogP contribution < -0.4 is 4.90 Å². The number of hydrogen-bond donors (Lipinski definition) is 0. The molecule has 0 radical (unpaired) electrons. The molecule has 0 atom stereocenters. The third-order valence-corrected chi connectivity index (χ3v) is 1.27. The Labute approximate surface area is 81.2 Å². The van der Waals surface area contributed by atoms with Crippen LogP contribution in [0.5, 0.6) is 0 Å². The summed E-state index contributed by atoms with van der Waals surface area (Å²) in [5.41, 5.74) is 1.25. The Morgan fingerprint density at radius 3 is 1.90 bits per heavy atom. The number of nitrogens with zero attached hydrogens (tertiary/aromatic N) is 1. The first kappa shape index (κ1) is 9.79. The monoisotopic (exact) mass is 147 g/mol. The van der Waals surface area contributed by atoms with Crippen LogP contribution in [0.1, 0.15) is 2.85 Å². The summed E-state index contributed by atoms with van der Waals surface area (Å²) in [6.07, 6.45) is 0. The van der Waals surface area contributed by atoms with Gasteiger partial charge in [0, 0.05) is 19.8 Å². The number of benzene rings is 1. The second kappa shape index (κ2) is 4.58. The van der Waals surface area contributed by atoms with Crippen molar-refractivity contribution in [3.05, 3.63) is 30.3 Å². The minimum atomic E-state index is 0. The SMILES string of the molecule is CN(C)c1ccccc1.[H-].[H-].[Mg+2]. The standard InChI is InChI=1S/C8H11N.Mg.2H/c1-9(2)8-6-4-3-5-7-8;;;/h3-7H,1-2H3;;;/q;+2;2*-1. The Hall–Kier alpha value is -0.214. The van der Waals surface area contributed by atoms with E-state index in [2.05, 4.69) is 17.0 Å². The van der Waals surface area contributed by atoms with Crippen LogP contribution in [0.3, 0.4) is 0 Å². The van der Waals surface area contributed by atoms with Gasteiger partial charge in [0.25, 0.3) is 0 Å². The van der Waals surface area contributed by atoms with Crippen molar-refractivity contribution < 1.29 is 2.85 Å². The molecule has 0 bridgehead atoms. The van der Waals surface area contributed by atoms with E-state index in [0.29, 0.717) is 0 Å². The fourth-order valence-corrected chi connectivity index (χ4v) is 0.726. The van der Waals surface area contributed by atoms with E-state index < -0.39 is 0 Å². The molecule has 1 aromatic carbocycles. The van der Waals surface area contributed by atoms with Gasteiger partial charge in [-0.1, -0.05) is 18.2 Å². The van der Waals surface area contributed by atoms with Gasteiger partial charge in [0.15, 0.2) is 0 Å². The van der Waals surface area contributed by atoms with Crippen molar-refractivity contribution in [2.75, 3.05) is 19.0 Å². The van der Waals surface area contributed by atoms with Crippen molar-refractivity contribution in [1.82, 2.24) is 0 Å². The molecule has 0 N–H and O–H groups in total. The van der Waals surface area contributed by atoms with Crippen LogP contribution in [-0.4, -0.2) is 37.1 Å². The van der Waals surface area contributed by atoms with Crippen LogP contribution in [-0.2, 0) is 0 Å². The van der Waals surface area contributed by atoms with Gasteiger partial charge >= 0.3 is 23.1 Å². The van der Waals surface area contributed by atoms with Gasteiger partial charge in [0.05, 0.1) is 0 Å². The van der Waals surface area contributed by atoms with Gasteiger partial charge in [-0.15, -0.1) is 0 Å². The predicted octanol–water partition coefficient (Wildman–Crippen LogP) is 1.60. The Morgan fingerprint density at radius 1 is 1.10 bits per heavy atom. The Kier molecular flexibility index (Phi) is 4.48. The van der Waals surface area contributed by atoms with Crippen molar-refractivity contribution in [3.63, 3.8) is 0 Å². The fourth-order valence-electron chi connectivity index (χ4n) is 0.726. The van der Waals surface area contributed by atoms with Crippen LogP contribution in [0.4, 0.5) is 5.69 Å². The molecule has 1 rings (SSSR count). The maximum Gasteiger partial charge on any atom is 2.00 e. The van der Waals surface area contributed by atoms with E-state index in [1.807, 2.05) is 32.3 Å². The molecule has 0 fully saturated rings. The molecule has 0 unspecified atom stereocenters. The molecule has 0 saturated heterocycles. The summed E-state index contributed by atoms with van der Waals surface area (Å²) in [6, 6.07) is 10.3. The molecular formula is C8H13MgN. The van der Waals surface area contributed by atoms with Crippen molar-refractivity contribution >= 4 is 28.7 Å². The average molecular weight is 148 g/mol. The van der Waals surface area contributed by atoms with Crippen molar-refractivity contribution in [2.45, 2.75) is 0 Å². The Balaban J connectivity index is -0.000000270. The molecule has 2 heteroatoms. The average Bonchev–Trinajstić information content (AvgIpc) is 1.90. The minimum absolute atomic E-state index is 0. The summed E-state index contributed by atoms with van der Waals surface area (Å²) in [6.45, 7) is 0. The molecule has 10 heavy (non-hydrogen) atoms. The first-order valence-electron chi connectivity index (χ1n) is 3.03. The molecule has 52 valence electrons. The van der Waals surface area contributed by atoms with Gasteiger partial charge in [-0.25, -0.2) is 0 Å². The molecule has 0 amide bonds. The van der Waals surface area contributed by atoms with Crippen LogP contribution in [0.25, 0.3) is 0 Å². The summed E-state index contributed by atoms with van der Waals surface area (Å²) in [4.78, 5) is 2.08. The second-order valence-corrected chi connectivity index (χ2v) is 2.23. The normalized spacial score (nSPS) is 8.20. The van der Waals surface area contributed by atoms with Gasteiger partial charge in [-0.3, -0.25) is 0 Å². The van der Waals surface area contributed by atoms with E-state index in [0.717, 1.165) is 0 Å². The first-order valence-corrected chi connectivity index (χ1v) is 3.03. The Morgan fingerprint density at radius 2 is 1.60 bits per heavy atom. The summed E-state index contributed by atoms with van der Waals surface area (Å²) in [5, 5.41) is 0. The van der Waals surface area contributed by atoms with Crippen LogP contribution in [0.2, 0.25) is 0 Å². The van der Waals surface area contributed by atoms with E-state index in [1.54, 1.807) is 0 Å². The third-order valence-electron chi connectivity index (χ3n) is 1.27. The zero-order chi connectivity index (χ0) is 6.69. The van der Waals surface area contributed by atoms with Crippen LogP contribution in [0.15, 0.2) is 30.3 Å². The number of para-hydroxylation sites is 1. The minimum Gasteiger partial charge on any atom is -1.00 e. The van der Waals surface area contributed by atoms with Gasteiger partial charge in [0.1, 0.15) is 0 Å². The zero-order valence-corrected chi connectivity index (χ0v) is 7.96. The van der Waals surface area contributed by atoms with Gasteiger partial charge < -0.3 is 7.75 Å². The smallest absolute Gasteiger partial charge is 1.00 e. The molecule has 1 nitrogen and oxygen atoms in total. The van der Waals surface area contributed by atoms with Gasteiger partial charge in [0.2, 0.25) is 0 Å². The Bertz CT molecular complexity index is 180. The summed E-state index contributed by atoms with van der Waals surface area (Å²) >= 11 is 0. The summed E-state index contributed by atoms with van der Waals surface area (Å²) in [7, 11) is 4.07. The molecule has 1 aromatic rings. The van der Waals surface area contributed by atoms with Crippen LogP contribution in [0, 0.1) is 0 Å². The first-order chi connectivity index (χ1) is 4.30. The molecular weight excluding hydrogens is 134 g/mol. The molecule has 0 heterocycles. The van der Waals surface area contributed by atoms with Gasteiger partial charge in [-0.05, 0) is 12.1 Å².